The number of thioether (sulfide) groups is 1. The van der Waals surface area contributed by atoms with Crippen molar-refractivity contribution in [2.24, 2.45) is 4.99 Å². The molecule has 2 aromatic rings. The highest BCUT2D eigenvalue weighted by molar-refractivity contribution is 8.17. The number of allylic oxidation sites excluding steroid dienone is 1. The maximum absolute atomic E-state index is 12.6. The van der Waals surface area contributed by atoms with E-state index in [1.807, 2.05) is 19.1 Å². The molecule has 0 bridgehead atoms. The van der Waals surface area contributed by atoms with Gasteiger partial charge in [-0.2, -0.15) is 4.99 Å². The fourth-order valence-corrected chi connectivity index (χ4v) is 4.36. The summed E-state index contributed by atoms with van der Waals surface area (Å²) in [5.74, 6) is 1.39. The van der Waals surface area contributed by atoms with Gasteiger partial charge < -0.3 is 18.9 Å². The van der Waals surface area contributed by atoms with Gasteiger partial charge in [-0.1, -0.05) is 35.5 Å². The van der Waals surface area contributed by atoms with Gasteiger partial charge in [0.25, 0.3) is 5.91 Å². The maximum Gasteiger partial charge on any atom is 0.283 e. The van der Waals surface area contributed by atoms with E-state index in [1.165, 1.54) is 26.0 Å². The van der Waals surface area contributed by atoms with E-state index in [4.69, 9.17) is 36.0 Å². The van der Waals surface area contributed by atoms with E-state index in [-0.39, 0.29) is 24.6 Å². The van der Waals surface area contributed by atoms with Crippen molar-refractivity contribution in [1.82, 2.24) is 4.90 Å². The van der Waals surface area contributed by atoms with E-state index in [1.54, 1.807) is 41.4 Å². The molecule has 2 heterocycles. The summed E-state index contributed by atoms with van der Waals surface area (Å²) in [4.78, 5) is 19.2. The van der Waals surface area contributed by atoms with Crippen molar-refractivity contribution in [2.75, 3.05) is 27.4 Å². The second kappa shape index (κ2) is 10.2. The van der Waals surface area contributed by atoms with Crippen molar-refractivity contribution < 1.29 is 23.7 Å². The van der Waals surface area contributed by atoms with E-state index in [2.05, 4.69) is 4.99 Å². The first-order chi connectivity index (χ1) is 16.4. The van der Waals surface area contributed by atoms with Crippen LogP contribution in [0.15, 0.2) is 58.1 Å². The highest BCUT2D eigenvalue weighted by Crippen LogP contribution is 2.40. The van der Waals surface area contributed by atoms with Crippen molar-refractivity contribution in [3.8, 4) is 23.0 Å². The molecule has 0 saturated heterocycles. The van der Waals surface area contributed by atoms with Crippen molar-refractivity contribution in [2.45, 2.75) is 6.92 Å². The summed E-state index contributed by atoms with van der Waals surface area (Å²) in [6, 6.07) is 10.6. The van der Waals surface area contributed by atoms with Crippen LogP contribution in [0, 0.1) is 5.41 Å². The quantitative estimate of drug-likeness (QED) is 0.404. The number of rotatable bonds is 8. The normalized spacial score (nSPS) is 16.2. The zero-order chi connectivity index (χ0) is 24.2. The molecule has 0 radical (unpaired) electrons. The lowest BCUT2D eigenvalue weighted by atomic mass is 10.1. The number of carbonyl (C=O) groups is 1. The van der Waals surface area contributed by atoms with Gasteiger partial charge >= 0.3 is 0 Å². The van der Waals surface area contributed by atoms with E-state index in [0.717, 1.165) is 4.91 Å². The van der Waals surface area contributed by atoms with Crippen LogP contribution in [0.4, 0.5) is 0 Å². The number of hydrogen-bond acceptors (Lipinski definition) is 7. The lowest BCUT2D eigenvalue weighted by Gasteiger charge is -2.22. The molecule has 10 heteroatoms. The zero-order valence-corrected chi connectivity index (χ0v) is 20.3. The fourth-order valence-electron chi connectivity index (χ4n) is 3.35. The molecule has 1 amide bonds. The van der Waals surface area contributed by atoms with Crippen LogP contribution in [-0.2, 0) is 4.79 Å². The number of aliphatic imine (C=N–C) groups is 1. The molecule has 0 atom stereocenters. The minimum absolute atomic E-state index is 0.0642. The highest BCUT2D eigenvalue weighted by atomic mass is 35.5. The Balaban J connectivity index is 1.54. The molecule has 0 spiro atoms. The van der Waals surface area contributed by atoms with Crippen LogP contribution in [0.25, 0.3) is 6.08 Å². The van der Waals surface area contributed by atoms with Crippen molar-refractivity contribution >= 4 is 46.3 Å². The molecule has 34 heavy (non-hydrogen) atoms. The number of amidine groups is 2. The Bertz CT molecular complexity index is 1220. The van der Waals surface area contributed by atoms with E-state index in [0.29, 0.717) is 38.8 Å². The third-order valence-corrected chi connectivity index (χ3v) is 6.12. The molecule has 0 aromatic heterocycles. The SMILES string of the molecule is COc1cc(/C=C2\C(=N)N3C=C(C)SC3=NC2=O)cc(OC)c1OCCOc1ccccc1Cl. The van der Waals surface area contributed by atoms with Crippen LogP contribution in [0.1, 0.15) is 12.5 Å². The molecule has 1 N–H and O–H groups in total. The summed E-state index contributed by atoms with van der Waals surface area (Å²) in [6.07, 6.45) is 3.38. The number of fused-ring (bicyclic) bond motifs is 1. The first kappa shape index (κ1) is 23.7. The molecule has 2 aromatic carbocycles. The van der Waals surface area contributed by atoms with Crippen molar-refractivity contribution in [3.63, 3.8) is 0 Å². The topological polar surface area (TPSA) is 93.4 Å². The number of ether oxygens (including phenoxy) is 4. The number of halogens is 1. The third kappa shape index (κ3) is 4.90. The summed E-state index contributed by atoms with van der Waals surface area (Å²) in [7, 11) is 3.02. The fraction of sp³-hybridized carbons (Fsp3) is 0.208. The van der Waals surface area contributed by atoms with Crippen LogP contribution in [-0.4, -0.2) is 49.2 Å². The number of methoxy groups -OCH3 is 2. The summed E-state index contributed by atoms with van der Waals surface area (Å²) in [6.45, 7) is 2.38. The Labute approximate surface area is 206 Å². The first-order valence-electron chi connectivity index (χ1n) is 10.3. The number of nitrogens with one attached hydrogen (secondary N) is 1. The number of carbonyl (C=O) groups excluding carboxylic acids is 1. The molecular weight excluding hydrogens is 478 g/mol. The molecule has 2 aliphatic heterocycles. The molecule has 0 unspecified atom stereocenters. The molecule has 0 saturated carbocycles. The molecule has 176 valence electrons. The molecule has 8 nitrogen and oxygen atoms in total. The average molecular weight is 500 g/mol. The Morgan fingerprint density at radius 1 is 1.09 bits per heavy atom. The maximum atomic E-state index is 12.6. The number of hydrogen-bond donors (Lipinski definition) is 1. The van der Waals surface area contributed by atoms with Gasteiger partial charge in [-0.05, 0) is 42.8 Å². The summed E-state index contributed by atoms with van der Waals surface area (Å²) >= 11 is 7.47. The van der Waals surface area contributed by atoms with Crippen LogP contribution in [0.5, 0.6) is 23.0 Å². The number of amides is 1. The van der Waals surface area contributed by atoms with Gasteiger partial charge in [-0.15, -0.1) is 0 Å². The van der Waals surface area contributed by atoms with Crippen LogP contribution in [0.2, 0.25) is 5.02 Å². The zero-order valence-electron chi connectivity index (χ0n) is 18.8. The Morgan fingerprint density at radius 3 is 2.44 bits per heavy atom. The van der Waals surface area contributed by atoms with Gasteiger partial charge in [-0.3, -0.25) is 15.1 Å². The van der Waals surface area contributed by atoms with Crippen molar-refractivity contribution in [3.05, 3.63) is 63.7 Å². The molecule has 4 rings (SSSR count). The van der Waals surface area contributed by atoms with E-state index >= 15 is 0 Å². The Kier molecular flexibility index (Phi) is 7.14. The molecular formula is C24H22ClN3O5S. The molecule has 2 aliphatic rings. The summed E-state index contributed by atoms with van der Waals surface area (Å²) in [5, 5.41) is 9.48. The standard InChI is InChI=1S/C24H22ClN3O5S/c1-14-13-28-22(26)16(23(29)27-24(28)34-14)10-15-11-19(30-2)21(20(12-15)31-3)33-9-8-32-18-7-5-4-6-17(18)25/h4-7,10-13,26H,8-9H2,1-3H3/b16-10+,26-22?. The largest absolute Gasteiger partial charge is 0.493 e. The van der Waals surface area contributed by atoms with Crippen LogP contribution < -0.4 is 18.9 Å². The second-order valence-corrected chi connectivity index (χ2v) is 8.82. The minimum Gasteiger partial charge on any atom is -0.493 e. The molecule has 0 fully saturated rings. The van der Waals surface area contributed by atoms with Crippen LogP contribution >= 0.6 is 23.4 Å². The monoisotopic (exact) mass is 499 g/mol. The number of benzene rings is 2. The van der Waals surface area contributed by atoms with E-state index in [9.17, 15) is 4.79 Å². The van der Waals surface area contributed by atoms with Gasteiger partial charge in [0.05, 0.1) is 24.8 Å². The highest BCUT2D eigenvalue weighted by Gasteiger charge is 2.33. The number of nitrogens with zero attached hydrogens (tertiary/aromatic N) is 2. The average Bonchev–Trinajstić information content (AvgIpc) is 3.20. The van der Waals surface area contributed by atoms with Gasteiger partial charge in [0.15, 0.2) is 16.7 Å². The lowest BCUT2D eigenvalue weighted by Crippen LogP contribution is -2.35. The lowest BCUT2D eigenvalue weighted by molar-refractivity contribution is -0.114. The second-order valence-electron chi connectivity index (χ2n) is 7.20. The first-order valence-corrected chi connectivity index (χ1v) is 11.5. The van der Waals surface area contributed by atoms with Gasteiger partial charge in [-0.25, -0.2) is 0 Å². The number of para-hydroxylation sites is 1. The van der Waals surface area contributed by atoms with Crippen LogP contribution in [0.3, 0.4) is 0 Å². The van der Waals surface area contributed by atoms with Gasteiger partial charge in [0.1, 0.15) is 24.8 Å². The summed E-state index contributed by atoms with van der Waals surface area (Å²) in [5.41, 5.74) is 0.772. The molecule has 0 aliphatic carbocycles. The van der Waals surface area contributed by atoms with Gasteiger partial charge in [0, 0.05) is 11.1 Å². The summed E-state index contributed by atoms with van der Waals surface area (Å²) < 4.78 is 22.5. The predicted octanol–water partition coefficient (Wildman–Crippen LogP) is 4.98. The third-order valence-electron chi connectivity index (χ3n) is 4.91. The van der Waals surface area contributed by atoms with E-state index < -0.39 is 5.91 Å². The predicted molar refractivity (Wildman–Crippen MR) is 133 cm³/mol. The smallest absolute Gasteiger partial charge is 0.283 e. The minimum atomic E-state index is -0.471. The Morgan fingerprint density at radius 2 is 1.76 bits per heavy atom. The Hall–Kier alpha value is -3.43. The van der Waals surface area contributed by atoms with Gasteiger partial charge in [0.2, 0.25) is 5.75 Å². The van der Waals surface area contributed by atoms with Crippen molar-refractivity contribution in [1.29, 1.82) is 5.41 Å².